The van der Waals surface area contributed by atoms with Gasteiger partial charge in [-0.1, -0.05) is 6.92 Å². The quantitative estimate of drug-likeness (QED) is 0.626. The summed E-state index contributed by atoms with van der Waals surface area (Å²) in [4.78, 5) is 11.6. The summed E-state index contributed by atoms with van der Waals surface area (Å²) < 4.78 is 18.5. The van der Waals surface area contributed by atoms with E-state index in [0.717, 1.165) is 12.5 Å². The van der Waals surface area contributed by atoms with Gasteiger partial charge in [0.05, 0.1) is 17.9 Å². The lowest BCUT2D eigenvalue weighted by molar-refractivity contribution is 0.0527. The van der Waals surface area contributed by atoms with Crippen LogP contribution in [0.25, 0.3) is 0 Å². The van der Waals surface area contributed by atoms with Gasteiger partial charge in [0.15, 0.2) is 0 Å². The van der Waals surface area contributed by atoms with Crippen molar-refractivity contribution in [1.82, 2.24) is 0 Å². The van der Waals surface area contributed by atoms with Gasteiger partial charge in [0.25, 0.3) is 0 Å². The number of benzene rings is 1. The minimum atomic E-state index is -0.540. The number of nitrogens with two attached hydrogens (primary N) is 1. The standard InChI is InChI=1S/C13H19FN2O2/c1-4-8(3)16-12-6-9(13(17)18-5-2)11(15)7-10(12)14/h6-8,16H,4-5,15H2,1-3H3. The lowest BCUT2D eigenvalue weighted by atomic mass is 10.1. The molecule has 1 rings (SSSR count). The van der Waals surface area contributed by atoms with Crippen molar-refractivity contribution in [2.45, 2.75) is 33.2 Å². The van der Waals surface area contributed by atoms with Crippen molar-refractivity contribution in [2.24, 2.45) is 0 Å². The molecule has 0 bridgehead atoms. The van der Waals surface area contributed by atoms with Crippen molar-refractivity contribution in [3.05, 3.63) is 23.5 Å². The van der Waals surface area contributed by atoms with E-state index in [2.05, 4.69) is 5.32 Å². The fourth-order valence-electron chi connectivity index (χ4n) is 1.45. The maximum atomic E-state index is 13.7. The van der Waals surface area contributed by atoms with E-state index in [4.69, 9.17) is 10.5 Å². The van der Waals surface area contributed by atoms with Crippen LogP contribution in [-0.4, -0.2) is 18.6 Å². The van der Waals surface area contributed by atoms with E-state index >= 15 is 0 Å². The number of hydrogen-bond acceptors (Lipinski definition) is 4. The Labute approximate surface area is 106 Å². The Morgan fingerprint density at radius 1 is 1.50 bits per heavy atom. The predicted octanol–water partition coefficient (Wildman–Crippen LogP) is 2.79. The number of nitrogens with one attached hydrogen (secondary N) is 1. The number of carbonyl (C=O) groups excluding carboxylic acids is 1. The van der Waals surface area contributed by atoms with Gasteiger partial charge in [0.1, 0.15) is 5.82 Å². The van der Waals surface area contributed by atoms with E-state index in [9.17, 15) is 9.18 Å². The molecule has 1 unspecified atom stereocenters. The van der Waals surface area contributed by atoms with Crippen molar-refractivity contribution in [3.63, 3.8) is 0 Å². The molecule has 0 heterocycles. The molecule has 1 aromatic rings. The zero-order chi connectivity index (χ0) is 13.7. The number of halogens is 1. The first kappa shape index (κ1) is 14.3. The van der Waals surface area contributed by atoms with Gasteiger partial charge in [-0.25, -0.2) is 9.18 Å². The molecule has 0 fully saturated rings. The molecule has 0 radical (unpaired) electrons. The highest BCUT2D eigenvalue weighted by Gasteiger charge is 2.15. The highest BCUT2D eigenvalue weighted by atomic mass is 19.1. The molecule has 3 N–H and O–H groups in total. The lowest BCUT2D eigenvalue weighted by Crippen LogP contribution is -2.16. The summed E-state index contributed by atoms with van der Waals surface area (Å²) in [6.07, 6.45) is 0.846. The maximum Gasteiger partial charge on any atom is 0.340 e. The van der Waals surface area contributed by atoms with E-state index in [1.807, 2.05) is 13.8 Å². The second-order valence-corrected chi connectivity index (χ2v) is 4.09. The van der Waals surface area contributed by atoms with Gasteiger partial charge in [-0.05, 0) is 32.4 Å². The molecule has 0 saturated heterocycles. The van der Waals surface area contributed by atoms with Crippen molar-refractivity contribution in [1.29, 1.82) is 0 Å². The number of esters is 1. The largest absolute Gasteiger partial charge is 0.462 e. The minimum absolute atomic E-state index is 0.0839. The first-order valence-electron chi connectivity index (χ1n) is 6.02. The second-order valence-electron chi connectivity index (χ2n) is 4.09. The molecule has 1 atom stereocenters. The Morgan fingerprint density at radius 3 is 2.72 bits per heavy atom. The van der Waals surface area contributed by atoms with Gasteiger partial charge in [0, 0.05) is 11.7 Å². The van der Waals surface area contributed by atoms with Crippen LogP contribution in [0.2, 0.25) is 0 Å². The van der Waals surface area contributed by atoms with Crippen LogP contribution >= 0.6 is 0 Å². The molecule has 5 heteroatoms. The van der Waals surface area contributed by atoms with Crippen LogP contribution in [0.4, 0.5) is 15.8 Å². The Hall–Kier alpha value is -1.78. The van der Waals surface area contributed by atoms with Crippen LogP contribution in [0.5, 0.6) is 0 Å². The zero-order valence-corrected chi connectivity index (χ0v) is 10.9. The van der Waals surface area contributed by atoms with Crippen LogP contribution in [0.3, 0.4) is 0 Å². The molecule has 0 aliphatic heterocycles. The molecule has 1 aromatic carbocycles. The van der Waals surface area contributed by atoms with Crippen molar-refractivity contribution < 1.29 is 13.9 Å². The zero-order valence-electron chi connectivity index (χ0n) is 10.9. The molecule has 0 aromatic heterocycles. The molecule has 0 aliphatic carbocycles. The number of hydrogen-bond donors (Lipinski definition) is 2. The molecule has 0 aliphatic rings. The third-order valence-electron chi connectivity index (χ3n) is 2.65. The predicted molar refractivity (Wildman–Crippen MR) is 70.1 cm³/mol. The van der Waals surface area contributed by atoms with E-state index in [-0.39, 0.29) is 29.6 Å². The van der Waals surface area contributed by atoms with E-state index in [1.54, 1.807) is 6.92 Å². The average Bonchev–Trinajstić information content (AvgIpc) is 2.32. The van der Waals surface area contributed by atoms with Crippen molar-refractivity contribution in [3.8, 4) is 0 Å². The summed E-state index contributed by atoms with van der Waals surface area (Å²) in [5, 5.41) is 2.99. The van der Waals surface area contributed by atoms with Crippen LogP contribution in [0.1, 0.15) is 37.6 Å². The Kier molecular flexibility index (Phi) is 4.95. The SMILES string of the molecule is CCOC(=O)c1cc(NC(C)CC)c(F)cc1N. The van der Waals surface area contributed by atoms with Crippen molar-refractivity contribution >= 4 is 17.3 Å². The summed E-state index contributed by atoms with van der Waals surface area (Å²) in [5.41, 5.74) is 6.15. The molecular formula is C13H19FN2O2. The first-order valence-corrected chi connectivity index (χ1v) is 6.02. The monoisotopic (exact) mass is 254 g/mol. The third kappa shape index (κ3) is 3.35. The number of anilines is 2. The topological polar surface area (TPSA) is 64.3 Å². The summed E-state index contributed by atoms with van der Waals surface area (Å²) in [5.74, 6) is -1.01. The fraction of sp³-hybridized carbons (Fsp3) is 0.462. The number of rotatable bonds is 5. The molecule has 18 heavy (non-hydrogen) atoms. The van der Waals surface area contributed by atoms with Gasteiger partial charge < -0.3 is 15.8 Å². The first-order chi connectivity index (χ1) is 8.49. The number of nitrogen functional groups attached to an aromatic ring is 1. The number of ether oxygens (including phenoxy) is 1. The molecular weight excluding hydrogens is 235 g/mol. The molecule has 100 valence electrons. The molecule has 0 spiro atoms. The molecule has 0 saturated carbocycles. The smallest absolute Gasteiger partial charge is 0.340 e. The fourth-order valence-corrected chi connectivity index (χ4v) is 1.45. The Balaban J connectivity index is 3.05. The van der Waals surface area contributed by atoms with Gasteiger partial charge in [-0.15, -0.1) is 0 Å². The highest BCUT2D eigenvalue weighted by molar-refractivity contribution is 5.96. The summed E-state index contributed by atoms with van der Waals surface area (Å²) in [6.45, 7) is 5.87. The highest BCUT2D eigenvalue weighted by Crippen LogP contribution is 2.23. The Bertz CT molecular complexity index is 435. The maximum absolute atomic E-state index is 13.7. The number of carbonyl (C=O) groups is 1. The molecule has 0 amide bonds. The van der Waals surface area contributed by atoms with Gasteiger partial charge in [-0.3, -0.25) is 0 Å². The normalized spacial score (nSPS) is 12.0. The lowest BCUT2D eigenvalue weighted by Gasteiger charge is -2.15. The van der Waals surface area contributed by atoms with E-state index < -0.39 is 11.8 Å². The van der Waals surface area contributed by atoms with Crippen molar-refractivity contribution in [2.75, 3.05) is 17.7 Å². The van der Waals surface area contributed by atoms with E-state index in [1.165, 1.54) is 6.07 Å². The third-order valence-corrected chi connectivity index (χ3v) is 2.65. The minimum Gasteiger partial charge on any atom is -0.462 e. The summed E-state index contributed by atoms with van der Waals surface area (Å²) in [7, 11) is 0. The van der Waals surface area contributed by atoms with Gasteiger partial charge >= 0.3 is 5.97 Å². The van der Waals surface area contributed by atoms with Crippen LogP contribution in [0, 0.1) is 5.82 Å². The second kappa shape index (κ2) is 6.23. The van der Waals surface area contributed by atoms with E-state index in [0.29, 0.717) is 0 Å². The Morgan fingerprint density at radius 2 is 2.17 bits per heavy atom. The molecule has 4 nitrogen and oxygen atoms in total. The average molecular weight is 254 g/mol. The summed E-state index contributed by atoms with van der Waals surface area (Å²) >= 11 is 0. The van der Waals surface area contributed by atoms with Gasteiger partial charge in [0.2, 0.25) is 0 Å². The van der Waals surface area contributed by atoms with Gasteiger partial charge in [-0.2, -0.15) is 0 Å². The van der Waals surface area contributed by atoms with Crippen LogP contribution < -0.4 is 11.1 Å². The summed E-state index contributed by atoms with van der Waals surface area (Å²) in [6, 6.07) is 2.64. The van der Waals surface area contributed by atoms with Crippen LogP contribution in [-0.2, 0) is 4.74 Å². The van der Waals surface area contributed by atoms with Crippen LogP contribution in [0.15, 0.2) is 12.1 Å².